The Balaban J connectivity index is 4.75. The molecule has 0 radical (unpaired) electrons. The van der Waals surface area contributed by atoms with Crippen LogP contribution < -0.4 is 0 Å². The number of rotatable bonds is 20. The molecule has 0 aliphatic rings. The quantitative estimate of drug-likeness (QED) is 0.131. The maximum Gasteiger partial charge on any atom is 0.501 e. The van der Waals surface area contributed by atoms with Crippen molar-refractivity contribution in [1.82, 2.24) is 0 Å². The van der Waals surface area contributed by atoms with Crippen LogP contribution in [0.4, 0.5) is 0 Å². The minimum Gasteiger partial charge on any atom is -0.463 e. The molecule has 9 heteroatoms. The molecule has 0 bridgehead atoms. The number of esters is 1. The summed E-state index contributed by atoms with van der Waals surface area (Å²) in [5, 5.41) is 0. The van der Waals surface area contributed by atoms with E-state index in [1.807, 2.05) is 20.8 Å². The Labute approximate surface area is 164 Å². The van der Waals surface area contributed by atoms with Gasteiger partial charge >= 0.3 is 14.8 Å². The van der Waals surface area contributed by atoms with Crippen molar-refractivity contribution in [3.05, 3.63) is 12.7 Å². The summed E-state index contributed by atoms with van der Waals surface area (Å²) in [4.78, 5) is 11.2. The lowest BCUT2D eigenvalue weighted by molar-refractivity contribution is -0.137. The van der Waals surface area contributed by atoms with Crippen molar-refractivity contribution in [2.75, 3.05) is 66.1 Å². The summed E-state index contributed by atoms with van der Waals surface area (Å²) in [7, 11) is -2.98. The number of hydrogen-bond acceptors (Lipinski definition) is 8. The molecule has 0 aromatic heterocycles. The van der Waals surface area contributed by atoms with E-state index in [4.69, 9.17) is 32.2 Å². The van der Waals surface area contributed by atoms with Gasteiger partial charge in [0.15, 0.2) is 0 Å². The molecule has 0 saturated heterocycles. The largest absolute Gasteiger partial charge is 0.501 e. The highest BCUT2D eigenvalue weighted by Crippen LogP contribution is 2.18. The third-order valence-corrected chi connectivity index (χ3v) is 6.20. The fourth-order valence-electron chi connectivity index (χ4n) is 2.06. The van der Waals surface area contributed by atoms with E-state index in [1.165, 1.54) is 0 Å². The summed E-state index contributed by atoms with van der Waals surface area (Å²) in [6.45, 7) is 13.7. The van der Waals surface area contributed by atoms with Crippen LogP contribution in [0, 0.1) is 0 Å². The molecule has 8 nitrogen and oxygen atoms in total. The Hall–Kier alpha value is -0.813. The highest BCUT2D eigenvalue weighted by molar-refractivity contribution is 6.60. The number of carbonyl (C=O) groups excluding carboxylic acids is 1. The molecule has 0 N–H and O–H groups in total. The highest BCUT2D eigenvalue weighted by Gasteiger charge is 2.41. The lowest BCUT2D eigenvalue weighted by Crippen LogP contribution is -2.48. The molecule has 27 heavy (non-hydrogen) atoms. The average molecular weight is 409 g/mol. The van der Waals surface area contributed by atoms with Crippen molar-refractivity contribution in [3.8, 4) is 0 Å². The first-order valence-corrected chi connectivity index (χ1v) is 11.5. The topological polar surface area (TPSA) is 81.7 Å². The summed E-state index contributed by atoms with van der Waals surface area (Å²) in [5.74, 6) is -0.450. The van der Waals surface area contributed by atoms with E-state index in [0.29, 0.717) is 71.9 Å². The van der Waals surface area contributed by atoms with Crippen LogP contribution in [-0.2, 0) is 37.0 Å². The van der Waals surface area contributed by atoms with Crippen molar-refractivity contribution >= 4 is 14.8 Å². The average Bonchev–Trinajstić information content (AvgIpc) is 2.69. The van der Waals surface area contributed by atoms with Crippen LogP contribution in [0.2, 0.25) is 6.04 Å². The van der Waals surface area contributed by atoms with Gasteiger partial charge in [0, 0.05) is 31.9 Å². The van der Waals surface area contributed by atoms with E-state index in [0.717, 1.165) is 6.08 Å². The van der Waals surface area contributed by atoms with Crippen molar-refractivity contribution in [1.29, 1.82) is 0 Å². The Morgan fingerprint density at radius 3 is 1.59 bits per heavy atom. The molecule has 0 aliphatic heterocycles. The Morgan fingerprint density at radius 1 is 0.778 bits per heavy atom. The predicted octanol–water partition coefficient (Wildman–Crippen LogP) is 2.20. The molecule has 0 spiro atoms. The zero-order valence-corrected chi connectivity index (χ0v) is 18.0. The van der Waals surface area contributed by atoms with E-state index in [9.17, 15) is 4.79 Å². The van der Waals surface area contributed by atoms with Crippen LogP contribution in [0.5, 0.6) is 0 Å². The van der Waals surface area contributed by atoms with Gasteiger partial charge in [0.2, 0.25) is 0 Å². The summed E-state index contributed by atoms with van der Waals surface area (Å²) in [6, 6.07) is 0.516. The van der Waals surface area contributed by atoms with Crippen molar-refractivity contribution in [3.63, 3.8) is 0 Å². The first kappa shape index (κ1) is 26.2. The highest BCUT2D eigenvalue weighted by atomic mass is 28.4. The SMILES string of the molecule is C=CC(=O)OCCC[Si](OCCOCC)(OCCOCC)OCCOCC. The molecule has 0 aliphatic carbocycles. The van der Waals surface area contributed by atoms with Gasteiger partial charge in [0.25, 0.3) is 0 Å². The molecule has 160 valence electrons. The molecule has 0 fully saturated rings. The monoisotopic (exact) mass is 408 g/mol. The molecule has 0 atom stereocenters. The van der Waals surface area contributed by atoms with Gasteiger partial charge in [0.05, 0.1) is 46.2 Å². The predicted molar refractivity (Wildman–Crippen MR) is 104 cm³/mol. The zero-order chi connectivity index (χ0) is 20.2. The molecular formula is C18H36O8Si. The Morgan fingerprint density at radius 2 is 1.22 bits per heavy atom. The van der Waals surface area contributed by atoms with Crippen LogP contribution in [0.15, 0.2) is 12.7 Å². The summed E-state index contributed by atoms with van der Waals surface area (Å²) < 4.78 is 39.1. The van der Waals surface area contributed by atoms with Gasteiger partial charge in [-0.1, -0.05) is 6.58 Å². The second-order valence-electron chi connectivity index (χ2n) is 5.29. The van der Waals surface area contributed by atoms with Crippen molar-refractivity contribution in [2.24, 2.45) is 0 Å². The number of hydrogen-bond donors (Lipinski definition) is 0. The number of carbonyl (C=O) groups is 1. The third kappa shape index (κ3) is 14.9. The molecular weight excluding hydrogens is 372 g/mol. The van der Waals surface area contributed by atoms with Gasteiger partial charge in [0.1, 0.15) is 0 Å². The van der Waals surface area contributed by atoms with E-state index in [2.05, 4.69) is 6.58 Å². The maximum atomic E-state index is 11.2. The molecule has 0 aromatic carbocycles. The van der Waals surface area contributed by atoms with Crippen LogP contribution in [0.3, 0.4) is 0 Å². The van der Waals surface area contributed by atoms with Crippen LogP contribution in [-0.4, -0.2) is 80.8 Å². The lowest BCUT2D eigenvalue weighted by atomic mass is 10.5. The minimum absolute atomic E-state index is 0.248. The van der Waals surface area contributed by atoms with Gasteiger partial charge in [-0.25, -0.2) is 4.79 Å². The van der Waals surface area contributed by atoms with Gasteiger partial charge in [-0.15, -0.1) is 0 Å². The van der Waals surface area contributed by atoms with Crippen LogP contribution >= 0.6 is 0 Å². The molecule has 0 rings (SSSR count). The second-order valence-corrected chi connectivity index (χ2v) is 8.03. The van der Waals surface area contributed by atoms with E-state index in [-0.39, 0.29) is 6.61 Å². The second kappa shape index (κ2) is 18.5. The van der Waals surface area contributed by atoms with Gasteiger partial charge in [-0.3, -0.25) is 0 Å². The van der Waals surface area contributed by atoms with Gasteiger partial charge in [-0.2, -0.15) is 0 Å². The first-order valence-electron chi connectivity index (χ1n) is 9.58. The standard InChI is InChI=1S/C18H36O8Si/c1-5-18(19)23-10-9-17-27(24-14-11-20-6-2,25-15-12-21-7-3)26-16-13-22-8-4/h5H,1,6-17H2,2-4H3. The van der Waals surface area contributed by atoms with Crippen molar-refractivity contribution in [2.45, 2.75) is 33.2 Å². The van der Waals surface area contributed by atoms with E-state index < -0.39 is 14.8 Å². The normalized spacial score (nSPS) is 11.5. The van der Waals surface area contributed by atoms with Crippen LogP contribution in [0.1, 0.15) is 27.2 Å². The zero-order valence-electron chi connectivity index (χ0n) is 17.0. The molecule has 0 amide bonds. The minimum atomic E-state index is -2.98. The van der Waals surface area contributed by atoms with Gasteiger partial charge < -0.3 is 32.2 Å². The Bertz CT molecular complexity index is 336. The lowest BCUT2D eigenvalue weighted by Gasteiger charge is -2.30. The maximum absolute atomic E-state index is 11.2. The third-order valence-electron chi connectivity index (χ3n) is 3.30. The summed E-state index contributed by atoms with van der Waals surface area (Å²) >= 11 is 0. The fourth-order valence-corrected chi connectivity index (χ4v) is 4.51. The van der Waals surface area contributed by atoms with Crippen LogP contribution in [0.25, 0.3) is 0 Å². The van der Waals surface area contributed by atoms with Crippen molar-refractivity contribution < 1.29 is 37.0 Å². The smallest absolute Gasteiger partial charge is 0.463 e. The van der Waals surface area contributed by atoms with E-state index in [1.54, 1.807) is 0 Å². The molecule has 0 heterocycles. The number of ether oxygens (including phenoxy) is 4. The first-order chi connectivity index (χ1) is 13.1. The summed E-state index contributed by atoms with van der Waals surface area (Å²) in [5.41, 5.74) is 0. The molecule has 0 saturated carbocycles. The molecule has 0 aromatic rings. The molecule has 0 unspecified atom stereocenters. The fraction of sp³-hybridized carbons (Fsp3) is 0.833. The Kier molecular flexibility index (Phi) is 18.0. The van der Waals surface area contributed by atoms with E-state index >= 15 is 0 Å². The van der Waals surface area contributed by atoms with Gasteiger partial charge in [-0.05, 0) is 27.2 Å². The summed E-state index contributed by atoms with van der Waals surface area (Å²) in [6.07, 6.45) is 1.70.